The maximum absolute atomic E-state index is 13.0. The molecule has 3 aromatic carbocycles. The molecular formula is C27H18FNO7. The minimum Gasteiger partial charge on any atom is -0.426 e. The maximum Gasteiger partial charge on any atom is 0.539 e. The van der Waals surface area contributed by atoms with Crippen molar-refractivity contribution in [2.24, 2.45) is 0 Å². The summed E-state index contributed by atoms with van der Waals surface area (Å²) in [4.78, 5) is 29.8. The fourth-order valence-corrected chi connectivity index (χ4v) is 2.73. The van der Waals surface area contributed by atoms with Gasteiger partial charge in [-0.15, -0.1) is 5.06 Å². The normalized spacial score (nSPS) is 9.92. The summed E-state index contributed by atoms with van der Waals surface area (Å²) in [5, 5.41) is 0.615. The summed E-state index contributed by atoms with van der Waals surface area (Å²) in [6, 6.07) is 24.9. The number of carbonyl (C=O) groups is 2. The molecule has 1 aromatic heterocycles. The quantitative estimate of drug-likeness (QED) is 0.143. The molecule has 4 aromatic rings. The molecule has 1 amide bonds. The van der Waals surface area contributed by atoms with Crippen LogP contribution in [0.1, 0.15) is 5.76 Å². The lowest BCUT2D eigenvalue weighted by molar-refractivity contribution is -0.0807. The molecule has 0 spiro atoms. The van der Waals surface area contributed by atoms with Crippen LogP contribution in [0.5, 0.6) is 23.2 Å². The summed E-state index contributed by atoms with van der Waals surface area (Å²) in [6.45, 7) is -0.357. The Labute approximate surface area is 205 Å². The number of ether oxygens (including phenoxy) is 3. The predicted molar refractivity (Wildman–Crippen MR) is 125 cm³/mol. The lowest BCUT2D eigenvalue weighted by Gasteiger charge is -2.17. The second-order valence-corrected chi connectivity index (χ2v) is 6.95. The van der Waals surface area contributed by atoms with E-state index in [9.17, 15) is 14.0 Å². The van der Waals surface area contributed by atoms with E-state index >= 15 is 0 Å². The highest BCUT2D eigenvalue weighted by Gasteiger charge is 2.22. The summed E-state index contributed by atoms with van der Waals surface area (Å²) in [5.41, 5.74) is 0. The molecule has 0 fully saturated rings. The van der Waals surface area contributed by atoms with Crippen molar-refractivity contribution in [3.8, 4) is 35.0 Å². The third-order valence-electron chi connectivity index (χ3n) is 4.33. The Bertz CT molecular complexity index is 1360. The number of hydrogen-bond donors (Lipinski definition) is 0. The van der Waals surface area contributed by atoms with E-state index in [-0.39, 0.29) is 29.8 Å². The Morgan fingerprint density at radius 3 is 2.08 bits per heavy atom. The first-order valence-electron chi connectivity index (χ1n) is 10.6. The largest absolute Gasteiger partial charge is 0.539 e. The Morgan fingerprint density at radius 1 is 0.778 bits per heavy atom. The van der Waals surface area contributed by atoms with Crippen LogP contribution in [0.4, 0.5) is 14.0 Å². The topological polar surface area (TPSA) is 87.4 Å². The number of amides is 1. The average molecular weight is 487 g/mol. The lowest BCUT2D eigenvalue weighted by atomic mass is 10.3. The molecule has 0 bridgehead atoms. The van der Waals surface area contributed by atoms with Gasteiger partial charge in [-0.25, -0.2) is 14.0 Å². The molecule has 0 N–H and O–H groups in total. The average Bonchev–Trinajstić information content (AvgIpc) is 3.33. The van der Waals surface area contributed by atoms with Crippen molar-refractivity contribution in [3.05, 3.63) is 109 Å². The van der Waals surface area contributed by atoms with Gasteiger partial charge in [0.15, 0.2) is 5.76 Å². The molecule has 0 aliphatic heterocycles. The number of benzene rings is 3. The van der Waals surface area contributed by atoms with Crippen LogP contribution in [0.2, 0.25) is 0 Å². The van der Waals surface area contributed by atoms with E-state index < -0.39 is 18.1 Å². The minimum absolute atomic E-state index is 0.133. The highest BCUT2D eigenvalue weighted by molar-refractivity contribution is 5.73. The van der Waals surface area contributed by atoms with Crippen LogP contribution in [-0.4, -0.2) is 23.9 Å². The molecule has 0 aliphatic rings. The zero-order chi connectivity index (χ0) is 25.2. The Morgan fingerprint density at radius 2 is 1.42 bits per heavy atom. The van der Waals surface area contributed by atoms with E-state index in [1.165, 1.54) is 30.3 Å². The smallest absolute Gasteiger partial charge is 0.426 e. The van der Waals surface area contributed by atoms with Gasteiger partial charge >= 0.3 is 12.2 Å². The highest BCUT2D eigenvalue weighted by Crippen LogP contribution is 2.23. The molecule has 0 saturated carbocycles. The summed E-state index contributed by atoms with van der Waals surface area (Å²) in [6.07, 6.45) is -2.14. The van der Waals surface area contributed by atoms with Crippen molar-refractivity contribution in [3.63, 3.8) is 0 Å². The van der Waals surface area contributed by atoms with Gasteiger partial charge in [-0.2, -0.15) is 0 Å². The third kappa shape index (κ3) is 7.13. The van der Waals surface area contributed by atoms with Gasteiger partial charge in [0, 0.05) is 6.07 Å². The fourth-order valence-electron chi connectivity index (χ4n) is 2.73. The zero-order valence-corrected chi connectivity index (χ0v) is 18.6. The molecule has 36 heavy (non-hydrogen) atoms. The summed E-state index contributed by atoms with van der Waals surface area (Å²) in [5.74, 6) is 6.18. The zero-order valence-electron chi connectivity index (χ0n) is 18.6. The van der Waals surface area contributed by atoms with Crippen LogP contribution in [0.15, 0.2) is 101 Å². The lowest BCUT2D eigenvalue weighted by Crippen LogP contribution is -2.37. The number of hydroxylamine groups is 2. The number of hydrogen-bond acceptors (Lipinski definition) is 7. The second-order valence-electron chi connectivity index (χ2n) is 6.95. The van der Waals surface area contributed by atoms with Gasteiger partial charge < -0.3 is 18.6 Å². The first-order chi connectivity index (χ1) is 17.5. The van der Waals surface area contributed by atoms with Gasteiger partial charge in [0.1, 0.15) is 29.6 Å². The first-order valence-corrected chi connectivity index (χ1v) is 10.6. The van der Waals surface area contributed by atoms with Crippen LogP contribution in [0.3, 0.4) is 0 Å². The van der Waals surface area contributed by atoms with Crippen LogP contribution < -0.4 is 14.2 Å². The number of rotatable bonds is 5. The Hall–Kier alpha value is -5.23. The molecule has 0 atom stereocenters. The molecule has 0 radical (unpaired) electrons. The summed E-state index contributed by atoms with van der Waals surface area (Å²) < 4.78 is 34.3. The molecule has 8 nitrogen and oxygen atoms in total. The van der Waals surface area contributed by atoms with E-state index in [4.69, 9.17) is 23.5 Å². The minimum atomic E-state index is -1.15. The van der Waals surface area contributed by atoms with Crippen LogP contribution in [0, 0.1) is 17.7 Å². The van der Waals surface area contributed by atoms with E-state index in [0.29, 0.717) is 10.8 Å². The van der Waals surface area contributed by atoms with Crippen molar-refractivity contribution in [1.82, 2.24) is 5.06 Å². The van der Waals surface area contributed by atoms with Gasteiger partial charge in [0.25, 0.3) is 5.95 Å². The van der Waals surface area contributed by atoms with Crippen LogP contribution in [-0.2, 0) is 4.84 Å². The predicted octanol–water partition coefficient (Wildman–Crippen LogP) is 6.19. The summed E-state index contributed by atoms with van der Waals surface area (Å²) >= 11 is 0. The standard InChI is InChI=1S/C27H18FNO7/c28-20-13-15-24(16-14-20)33-25-18-17-23(32-25)12-7-19-29(26(30)34-21-8-3-1-4-9-21)36-27(31)35-22-10-5-2-6-11-22/h1-6,8-11,13-18H,19H2. The van der Waals surface area contributed by atoms with Crippen LogP contribution >= 0.6 is 0 Å². The van der Waals surface area contributed by atoms with Gasteiger partial charge in [-0.1, -0.05) is 42.3 Å². The number of furan rings is 1. The van der Waals surface area contributed by atoms with E-state index in [1.807, 2.05) is 0 Å². The first kappa shape index (κ1) is 23.9. The van der Waals surface area contributed by atoms with Crippen molar-refractivity contribution in [2.75, 3.05) is 6.54 Å². The highest BCUT2D eigenvalue weighted by atomic mass is 19.1. The van der Waals surface area contributed by atoms with Gasteiger partial charge in [0.05, 0.1) is 0 Å². The Kier molecular flexibility index (Phi) is 7.81. The second kappa shape index (κ2) is 11.8. The van der Waals surface area contributed by atoms with E-state index in [1.54, 1.807) is 66.7 Å². The van der Waals surface area contributed by atoms with Crippen molar-refractivity contribution >= 4 is 12.2 Å². The number of carbonyl (C=O) groups excluding carboxylic acids is 2. The number of nitrogens with zero attached hydrogens (tertiary/aromatic N) is 1. The molecule has 180 valence electrons. The van der Waals surface area contributed by atoms with Crippen molar-refractivity contribution < 1.29 is 37.4 Å². The number of halogens is 1. The number of para-hydroxylation sites is 2. The third-order valence-corrected chi connectivity index (χ3v) is 4.33. The van der Waals surface area contributed by atoms with Gasteiger partial charge in [-0.05, 0) is 60.5 Å². The molecular weight excluding hydrogens is 469 g/mol. The maximum atomic E-state index is 13.0. The molecule has 0 unspecified atom stereocenters. The molecule has 0 aliphatic carbocycles. The van der Waals surface area contributed by atoms with Gasteiger partial charge in [-0.3, -0.25) is 4.84 Å². The van der Waals surface area contributed by atoms with Crippen LogP contribution in [0.25, 0.3) is 0 Å². The monoisotopic (exact) mass is 487 g/mol. The molecule has 1 heterocycles. The molecule has 4 rings (SSSR count). The Balaban J connectivity index is 1.41. The van der Waals surface area contributed by atoms with Crippen molar-refractivity contribution in [2.45, 2.75) is 0 Å². The molecule has 9 heteroatoms. The van der Waals surface area contributed by atoms with Crippen molar-refractivity contribution in [1.29, 1.82) is 0 Å². The summed E-state index contributed by atoms with van der Waals surface area (Å²) in [7, 11) is 0. The van der Waals surface area contributed by atoms with E-state index in [0.717, 1.165) is 0 Å². The van der Waals surface area contributed by atoms with Gasteiger partial charge in [0.2, 0.25) is 0 Å². The fraction of sp³-hybridized carbons (Fsp3) is 0.0370. The van der Waals surface area contributed by atoms with E-state index in [2.05, 4.69) is 11.8 Å². The SMILES string of the molecule is O=C(Oc1ccccc1)ON(CC#Cc1ccc(Oc2ccc(F)cc2)o1)C(=O)Oc1ccccc1. The molecule has 0 saturated heterocycles.